The summed E-state index contributed by atoms with van der Waals surface area (Å²) in [7, 11) is 0. The fourth-order valence-electron chi connectivity index (χ4n) is 2.34. The van der Waals surface area contributed by atoms with E-state index in [0.29, 0.717) is 11.8 Å². The molecule has 2 nitrogen and oxygen atoms in total. The van der Waals surface area contributed by atoms with Gasteiger partial charge in [0.15, 0.2) is 0 Å². The van der Waals surface area contributed by atoms with E-state index < -0.39 is 0 Å². The van der Waals surface area contributed by atoms with Crippen molar-refractivity contribution in [3.05, 3.63) is 35.0 Å². The fraction of sp³-hybridized carbons (Fsp3) is 0.500. The summed E-state index contributed by atoms with van der Waals surface area (Å²) in [5.41, 5.74) is 0.901. The zero-order chi connectivity index (χ0) is 14.0. The molecule has 104 valence electrons. The van der Waals surface area contributed by atoms with E-state index in [1.54, 1.807) is 0 Å². The van der Waals surface area contributed by atoms with E-state index in [-0.39, 0.29) is 6.04 Å². The van der Waals surface area contributed by atoms with Crippen molar-refractivity contribution in [2.24, 2.45) is 11.8 Å². The van der Waals surface area contributed by atoms with E-state index in [0.717, 1.165) is 28.3 Å². The summed E-state index contributed by atoms with van der Waals surface area (Å²) in [6.07, 6.45) is 0. The summed E-state index contributed by atoms with van der Waals surface area (Å²) in [5.74, 6) is 2.11. The Balaban J connectivity index is 2.38. The van der Waals surface area contributed by atoms with Gasteiger partial charge in [0.1, 0.15) is 11.3 Å². The van der Waals surface area contributed by atoms with Crippen LogP contribution in [0.4, 0.5) is 0 Å². The molecule has 3 heteroatoms. The van der Waals surface area contributed by atoms with Crippen LogP contribution in [-0.2, 0) is 0 Å². The lowest BCUT2D eigenvalue weighted by Gasteiger charge is -2.25. The van der Waals surface area contributed by atoms with E-state index >= 15 is 0 Å². The third-order valence-electron chi connectivity index (χ3n) is 3.81. The Kier molecular flexibility index (Phi) is 4.54. The minimum Gasteiger partial charge on any atom is -0.459 e. The highest BCUT2D eigenvalue weighted by molar-refractivity contribution is 6.31. The third kappa shape index (κ3) is 3.13. The smallest absolute Gasteiger partial charge is 0.134 e. The topological polar surface area (TPSA) is 25.2 Å². The zero-order valence-electron chi connectivity index (χ0n) is 12.0. The van der Waals surface area contributed by atoms with Gasteiger partial charge in [-0.15, -0.1) is 0 Å². The molecule has 0 aliphatic heterocycles. The predicted molar refractivity (Wildman–Crippen MR) is 81.6 cm³/mol. The molecule has 2 rings (SSSR count). The van der Waals surface area contributed by atoms with Crippen molar-refractivity contribution >= 4 is 22.6 Å². The summed E-state index contributed by atoms with van der Waals surface area (Å²) in [6.45, 7) is 9.81. The van der Waals surface area contributed by atoms with Crippen LogP contribution < -0.4 is 5.32 Å². The van der Waals surface area contributed by atoms with Crippen LogP contribution in [0.25, 0.3) is 11.0 Å². The van der Waals surface area contributed by atoms with Gasteiger partial charge in [0.25, 0.3) is 0 Å². The van der Waals surface area contributed by atoms with Gasteiger partial charge in [0.05, 0.1) is 6.04 Å². The maximum Gasteiger partial charge on any atom is 0.134 e. The molecular weight excluding hydrogens is 258 g/mol. The molecule has 0 radical (unpaired) electrons. The van der Waals surface area contributed by atoms with Crippen LogP contribution in [0, 0.1) is 11.8 Å². The molecule has 0 aliphatic carbocycles. The maximum absolute atomic E-state index is 6.02. The van der Waals surface area contributed by atoms with Gasteiger partial charge in [-0.1, -0.05) is 39.3 Å². The predicted octanol–water partition coefficient (Wildman–Crippen LogP) is 5.03. The molecule has 0 saturated carbocycles. The van der Waals surface area contributed by atoms with Crippen molar-refractivity contribution in [2.75, 3.05) is 6.54 Å². The molecule has 1 aromatic heterocycles. The van der Waals surface area contributed by atoms with Gasteiger partial charge in [0, 0.05) is 10.4 Å². The average Bonchev–Trinajstić information content (AvgIpc) is 2.77. The first-order valence-electron chi connectivity index (χ1n) is 6.95. The fourth-order valence-corrected chi connectivity index (χ4v) is 2.52. The van der Waals surface area contributed by atoms with Gasteiger partial charge < -0.3 is 9.73 Å². The van der Waals surface area contributed by atoms with Gasteiger partial charge in [-0.2, -0.15) is 0 Å². The molecule has 0 spiro atoms. The first kappa shape index (κ1) is 14.4. The molecular formula is C16H22ClNO. The van der Waals surface area contributed by atoms with Crippen molar-refractivity contribution in [1.29, 1.82) is 0 Å². The van der Waals surface area contributed by atoms with Gasteiger partial charge >= 0.3 is 0 Å². The SMILES string of the molecule is CCNC(c1cc2cc(Cl)ccc2o1)C(C)C(C)C. The molecule has 19 heavy (non-hydrogen) atoms. The van der Waals surface area contributed by atoms with Crippen LogP contribution in [0.3, 0.4) is 0 Å². The van der Waals surface area contributed by atoms with Crippen molar-refractivity contribution in [3.8, 4) is 0 Å². The minimum absolute atomic E-state index is 0.246. The second-order valence-electron chi connectivity index (χ2n) is 5.47. The number of halogens is 1. The van der Waals surface area contributed by atoms with Crippen LogP contribution in [0.2, 0.25) is 5.02 Å². The zero-order valence-corrected chi connectivity index (χ0v) is 12.8. The summed E-state index contributed by atoms with van der Waals surface area (Å²) < 4.78 is 5.99. The van der Waals surface area contributed by atoms with Gasteiger partial charge in [-0.05, 0) is 42.6 Å². The van der Waals surface area contributed by atoms with Crippen LogP contribution >= 0.6 is 11.6 Å². The Morgan fingerprint density at radius 1 is 1.21 bits per heavy atom. The number of hydrogen-bond donors (Lipinski definition) is 1. The molecule has 1 N–H and O–H groups in total. The Morgan fingerprint density at radius 3 is 2.58 bits per heavy atom. The number of nitrogens with one attached hydrogen (secondary N) is 1. The molecule has 2 atom stereocenters. The number of rotatable bonds is 5. The number of benzene rings is 1. The molecule has 0 amide bonds. The van der Waals surface area contributed by atoms with Gasteiger partial charge in [-0.3, -0.25) is 0 Å². The lowest BCUT2D eigenvalue weighted by Crippen LogP contribution is -2.29. The van der Waals surface area contributed by atoms with E-state index in [4.69, 9.17) is 16.0 Å². The largest absolute Gasteiger partial charge is 0.459 e. The summed E-state index contributed by atoms with van der Waals surface area (Å²) in [6, 6.07) is 8.10. The molecule has 0 fully saturated rings. The molecule has 1 aromatic carbocycles. The minimum atomic E-state index is 0.246. The van der Waals surface area contributed by atoms with Crippen molar-refractivity contribution in [2.45, 2.75) is 33.7 Å². The van der Waals surface area contributed by atoms with E-state index in [1.165, 1.54) is 0 Å². The number of hydrogen-bond acceptors (Lipinski definition) is 2. The molecule has 0 saturated heterocycles. The molecule has 1 heterocycles. The molecule has 2 aromatic rings. The Morgan fingerprint density at radius 2 is 1.95 bits per heavy atom. The summed E-state index contributed by atoms with van der Waals surface area (Å²) >= 11 is 6.02. The van der Waals surface area contributed by atoms with Crippen molar-refractivity contribution in [3.63, 3.8) is 0 Å². The highest BCUT2D eigenvalue weighted by atomic mass is 35.5. The van der Waals surface area contributed by atoms with E-state index in [9.17, 15) is 0 Å². The third-order valence-corrected chi connectivity index (χ3v) is 4.04. The van der Waals surface area contributed by atoms with Crippen LogP contribution in [0.1, 0.15) is 39.5 Å². The molecule has 0 bridgehead atoms. The van der Waals surface area contributed by atoms with Crippen LogP contribution in [0.15, 0.2) is 28.7 Å². The first-order chi connectivity index (χ1) is 9.02. The Labute approximate surface area is 120 Å². The highest BCUT2D eigenvalue weighted by Crippen LogP contribution is 2.32. The lowest BCUT2D eigenvalue weighted by molar-refractivity contribution is 0.275. The molecule has 0 aliphatic rings. The standard InChI is InChI=1S/C16H22ClNO/c1-5-18-16(11(4)10(2)3)15-9-12-8-13(17)6-7-14(12)19-15/h6-11,16,18H,5H2,1-4H3. The van der Waals surface area contributed by atoms with Crippen molar-refractivity contribution in [1.82, 2.24) is 5.32 Å². The van der Waals surface area contributed by atoms with Crippen molar-refractivity contribution < 1.29 is 4.42 Å². The summed E-state index contributed by atoms with van der Waals surface area (Å²) in [4.78, 5) is 0. The monoisotopic (exact) mass is 279 g/mol. The van der Waals surface area contributed by atoms with E-state index in [2.05, 4.69) is 39.1 Å². The number of furan rings is 1. The number of fused-ring (bicyclic) bond motifs is 1. The maximum atomic E-state index is 6.02. The quantitative estimate of drug-likeness (QED) is 0.830. The van der Waals surface area contributed by atoms with Crippen LogP contribution in [0.5, 0.6) is 0 Å². The summed E-state index contributed by atoms with van der Waals surface area (Å²) in [5, 5.41) is 5.35. The average molecular weight is 280 g/mol. The van der Waals surface area contributed by atoms with Gasteiger partial charge in [0.2, 0.25) is 0 Å². The second-order valence-corrected chi connectivity index (χ2v) is 5.91. The van der Waals surface area contributed by atoms with E-state index in [1.807, 2.05) is 18.2 Å². The molecule has 2 unspecified atom stereocenters. The Hall–Kier alpha value is -0.990. The second kappa shape index (κ2) is 5.98. The lowest BCUT2D eigenvalue weighted by atomic mass is 9.89. The Bertz CT molecular complexity index is 547. The van der Waals surface area contributed by atoms with Crippen LogP contribution in [-0.4, -0.2) is 6.54 Å². The highest BCUT2D eigenvalue weighted by Gasteiger charge is 2.24. The van der Waals surface area contributed by atoms with Gasteiger partial charge in [-0.25, -0.2) is 0 Å². The normalized spacial score (nSPS) is 15.1. The first-order valence-corrected chi connectivity index (χ1v) is 7.33.